The molecule has 4 heterocycles. The molecule has 36 heavy (non-hydrogen) atoms. The van der Waals surface area contributed by atoms with Crippen LogP contribution in [0, 0.1) is 6.92 Å². The van der Waals surface area contributed by atoms with E-state index in [9.17, 15) is 21.6 Å². The molecule has 2 aliphatic rings. The fourth-order valence-corrected chi connectivity index (χ4v) is 5.80. The van der Waals surface area contributed by atoms with Crippen LogP contribution < -0.4 is 4.74 Å². The number of hydrogen-bond acceptors (Lipinski definition) is 7. The molecule has 1 fully saturated rings. The number of benzene rings is 1. The van der Waals surface area contributed by atoms with Gasteiger partial charge in [0.15, 0.2) is 0 Å². The van der Waals surface area contributed by atoms with Crippen molar-refractivity contribution in [3.05, 3.63) is 42.6 Å². The van der Waals surface area contributed by atoms with Gasteiger partial charge in [-0.2, -0.15) is 25.9 Å². The summed E-state index contributed by atoms with van der Waals surface area (Å²) < 4.78 is 77.7. The van der Waals surface area contributed by atoms with Crippen LogP contribution in [0.3, 0.4) is 0 Å². The summed E-state index contributed by atoms with van der Waals surface area (Å²) in [5.74, 6) is 0.834. The van der Waals surface area contributed by atoms with E-state index in [1.807, 2.05) is 29.8 Å². The van der Waals surface area contributed by atoms with E-state index >= 15 is 0 Å². The van der Waals surface area contributed by atoms with Gasteiger partial charge in [0.2, 0.25) is 0 Å². The molecule has 2 aliphatic heterocycles. The molecule has 192 valence electrons. The minimum absolute atomic E-state index is 0.148. The van der Waals surface area contributed by atoms with Crippen LogP contribution in [0.5, 0.6) is 5.75 Å². The first-order chi connectivity index (χ1) is 17.0. The van der Waals surface area contributed by atoms with Gasteiger partial charge >= 0.3 is 16.4 Å². The Morgan fingerprint density at radius 1 is 1.22 bits per heavy atom. The summed E-state index contributed by atoms with van der Waals surface area (Å²) in [5, 5.41) is 8.21. The van der Waals surface area contributed by atoms with Crippen LogP contribution in [0.1, 0.15) is 18.5 Å². The molecule has 15 heteroatoms. The highest BCUT2D eigenvalue weighted by atomic mass is 32.2. The van der Waals surface area contributed by atoms with Crippen LogP contribution in [0.15, 0.2) is 41.3 Å². The zero-order chi connectivity index (χ0) is 25.7. The predicted octanol–water partition coefficient (Wildman–Crippen LogP) is 2.39. The van der Waals surface area contributed by atoms with Crippen molar-refractivity contribution in [3.8, 4) is 22.7 Å². The number of ether oxygens (including phenoxy) is 1. The number of rotatable bonds is 6. The first-order valence-corrected chi connectivity index (χ1v) is 12.5. The van der Waals surface area contributed by atoms with Crippen molar-refractivity contribution < 1.29 is 26.3 Å². The third kappa shape index (κ3) is 4.67. The fourth-order valence-electron chi connectivity index (χ4n) is 4.44. The average Bonchev–Trinajstić information content (AvgIpc) is 3.56. The number of fused-ring (bicyclic) bond motifs is 1. The number of methoxy groups -OCH3 is 1. The normalized spacial score (nSPS) is 19.9. The maximum atomic E-state index is 13.3. The van der Waals surface area contributed by atoms with Gasteiger partial charge in [-0.25, -0.2) is 9.67 Å². The number of amidine groups is 1. The molecule has 3 aromatic rings. The summed E-state index contributed by atoms with van der Waals surface area (Å²) in [4.78, 5) is 5.82. The summed E-state index contributed by atoms with van der Waals surface area (Å²) in [7, 11) is -2.95. The van der Waals surface area contributed by atoms with Crippen LogP contribution >= 0.6 is 0 Å². The monoisotopic (exact) mass is 524 g/mol. The number of halogens is 3. The third-order valence-corrected chi connectivity index (χ3v) is 7.44. The second-order valence-corrected chi connectivity index (χ2v) is 10.1. The van der Waals surface area contributed by atoms with Crippen molar-refractivity contribution in [2.45, 2.75) is 38.7 Å². The Morgan fingerprint density at radius 3 is 2.72 bits per heavy atom. The highest BCUT2D eigenvalue weighted by molar-refractivity contribution is 7.88. The number of imidazole rings is 1. The van der Waals surface area contributed by atoms with Crippen molar-refractivity contribution >= 4 is 16.0 Å². The second kappa shape index (κ2) is 8.89. The van der Waals surface area contributed by atoms with E-state index in [1.165, 1.54) is 11.8 Å². The zero-order valence-corrected chi connectivity index (χ0v) is 20.2. The Labute approximate surface area is 205 Å². The van der Waals surface area contributed by atoms with E-state index in [2.05, 4.69) is 19.7 Å². The zero-order valence-electron chi connectivity index (χ0n) is 19.4. The minimum Gasteiger partial charge on any atom is -0.495 e. The Kier molecular flexibility index (Phi) is 5.98. The van der Waals surface area contributed by atoms with Gasteiger partial charge in [-0.05, 0) is 25.5 Å². The molecule has 2 aromatic heterocycles. The van der Waals surface area contributed by atoms with Crippen molar-refractivity contribution in [3.63, 3.8) is 0 Å². The molecule has 0 bridgehead atoms. The summed E-state index contributed by atoms with van der Waals surface area (Å²) >= 11 is 0. The molecule has 1 atom stereocenters. The maximum absolute atomic E-state index is 13.3. The lowest BCUT2D eigenvalue weighted by atomic mass is 10.1. The fraction of sp³-hybridized carbons (Fsp3) is 0.429. The molecule has 11 nitrogen and oxygen atoms in total. The van der Waals surface area contributed by atoms with Crippen LogP contribution in [-0.2, 0) is 16.8 Å². The van der Waals surface area contributed by atoms with E-state index in [0.29, 0.717) is 40.7 Å². The van der Waals surface area contributed by atoms with E-state index in [-0.39, 0.29) is 12.4 Å². The Hall–Kier alpha value is -3.46. The molecule has 1 unspecified atom stereocenters. The molecule has 1 aromatic carbocycles. The Morgan fingerprint density at radius 2 is 2.03 bits per heavy atom. The first-order valence-electron chi connectivity index (χ1n) is 11.1. The van der Waals surface area contributed by atoms with Gasteiger partial charge in [0.1, 0.15) is 30.0 Å². The van der Waals surface area contributed by atoms with Crippen molar-refractivity contribution in [1.29, 1.82) is 0 Å². The van der Waals surface area contributed by atoms with Gasteiger partial charge in [-0.1, -0.05) is 11.3 Å². The first kappa shape index (κ1) is 24.2. The molecule has 1 saturated heterocycles. The van der Waals surface area contributed by atoms with Crippen LogP contribution in [0.4, 0.5) is 13.2 Å². The van der Waals surface area contributed by atoms with Gasteiger partial charge in [-0.3, -0.25) is 0 Å². The van der Waals surface area contributed by atoms with Gasteiger partial charge in [0.25, 0.3) is 0 Å². The molecule has 0 radical (unpaired) electrons. The number of hydrogen-bond donors (Lipinski definition) is 0. The summed E-state index contributed by atoms with van der Waals surface area (Å²) in [6, 6.07) is 5.42. The third-order valence-electron chi connectivity index (χ3n) is 6.03. The molecule has 0 amide bonds. The van der Waals surface area contributed by atoms with E-state index in [4.69, 9.17) is 4.74 Å². The van der Waals surface area contributed by atoms with Gasteiger partial charge in [-0.15, -0.1) is 9.50 Å². The maximum Gasteiger partial charge on any atom is 0.402 e. The highest BCUT2D eigenvalue weighted by Gasteiger charge is 2.47. The standard InChI is InChI=1S/C21H23F3N8O3S/c1-14-9-29(13-25-14)17-6-5-15(8-18(17)35-2)16-10-30(28-26-16)11-20-31-7-3-4-19(31)27-36(33,34)32(20)12-21(22,23)24/h5-6,8-10,13,20H,3-4,7,11-12H2,1-2H3. The predicted molar refractivity (Wildman–Crippen MR) is 123 cm³/mol. The van der Waals surface area contributed by atoms with Gasteiger partial charge in [0, 0.05) is 24.7 Å². The number of nitrogens with zero attached hydrogens (tertiary/aromatic N) is 8. The Bertz CT molecular complexity index is 1420. The van der Waals surface area contributed by atoms with E-state index in [0.717, 1.165) is 11.4 Å². The topological polar surface area (TPSA) is 111 Å². The lowest BCUT2D eigenvalue weighted by Crippen LogP contribution is -2.58. The average molecular weight is 525 g/mol. The highest BCUT2D eigenvalue weighted by Crippen LogP contribution is 2.32. The molecule has 0 spiro atoms. The van der Waals surface area contributed by atoms with E-state index in [1.54, 1.807) is 23.5 Å². The van der Waals surface area contributed by atoms with Crippen LogP contribution in [0.2, 0.25) is 0 Å². The second-order valence-electron chi connectivity index (χ2n) is 8.56. The molecular weight excluding hydrogens is 501 g/mol. The smallest absolute Gasteiger partial charge is 0.402 e. The Balaban J connectivity index is 1.43. The number of alkyl halides is 3. The van der Waals surface area contributed by atoms with Crippen molar-refractivity contribution in [2.75, 3.05) is 20.2 Å². The molecule has 0 saturated carbocycles. The summed E-state index contributed by atoms with van der Waals surface area (Å²) in [5.41, 5.74) is 2.74. The minimum atomic E-state index is -4.72. The number of aryl methyl sites for hydroxylation is 1. The quantitative estimate of drug-likeness (QED) is 0.487. The van der Waals surface area contributed by atoms with Crippen LogP contribution in [0.25, 0.3) is 16.9 Å². The molecule has 0 N–H and O–H groups in total. The van der Waals surface area contributed by atoms with Crippen molar-refractivity contribution in [1.82, 2.24) is 33.8 Å². The van der Waals surface area contributed by atoms with E-state index < -0.39 is 29.1 Å². The SMILES string of the molecule is COc1cc(-c2cn(CC3N4CCCC4=NS(=O)(=O)N3CC(F)(F)F)nn2)ccc1-n1cnc(C)c1. The molecule has 5 rings (SSSR count). The molecule has 0 aliphatic carbocycles. The lowest BCUT2D eigenvalue weighted by molar-refractivity contribution is -0.144. The van der Waals surface area contributed by atoms with Gasteiger partial charge < -0.3 is 14.2 Å². The largest absolute Gasteiger partial charge is 0.495 e. The summed E-state index contributed by atoms with van der Waals surface area (Å²) in [6.07, 6.45) is 0.241. The molecular formula is C21H23F3N8O3S. The van der Waals surface area contributed by atoms with Crippen LogP contribution in [-0.4, -0.2) is 80.5 Å². The van der Waals surface area contributed by atoms with Gasteiger partial charge in [0.05, 0.1) is 37.6 Å². The number of aromatic nitrogens is 5. The van der Waals surface area contributed by atoms with Crippen molar-refractivity contribution in [2.24, 2.45) is 4.40 Å². The summed E-state index contributed by atoms with van der Waals surface area (Å²) in [6.45, 7) is 0.493. The lowest BCUT2D eigenvalue weighted by Gasteiger charge is -2.40.